The Labute approximate surface area is 156 Å². The van der Waals surface area contributed by atoms with Crippen LogP contribution in [0.2, 0.25) is 0 Å². The fourth-order valence-corrected chi connectivity index (χ4v) is 5.12. The van der Waals surface area contributed by atoms with Gasteiger partial charge in [0.25, 0.3) is 0 Å². The summed E-state index contributed by atoms with van der Waals surface area (Å²) in [6, 6.07) is 17.1. The standard InChI is InChI=1S/C23H28N2O/c1-2-17(25-15-7-8-16-25)13-14-23(22(24)26)20-11-5-3-9-18(20)19-10-4-6-12-21(19)23/h3-6,9-12,17H,2,7-8,13-16H2,1H3,(H2,24,26). The molecule has 136 valence electrons. The van der Waals surface area contributed by atoms with E-state index in [0.29, 0.717) is 6.04 Å². The number of rotatable bonds is 6. The van der Waals surface area contributed by atoms with Gasteiger partial charge in [0.2, 0.25) is 5.91 Å². The molecule has 2 aliphatic rings. The number of primary amides is 1. The van der Waals surface area contributed by atoms with Gasteiger partial charge in [-0.1, -0.05) is 55.5 Å². The van der Waals surface area contributed by atoms with Gasteiger partial charge in [-0.25, -0.2) is 0 Å². The van der Waals surface area contributed by atoms with Crippen molar-refractivity contribution in [1.29, 1.82) is 0 Å². The van der Waals surface area contributed by atoms with E-state index in [4.69, 9.17) is 5.73 Å². The van der Waals surface area contributed by atoms with Gasteiger partial charge in [-0.05, 0) is 67.4 Å². The number of likely N-dealkylation sites (tertiary alicyclic amines) is 1. The maximum Gasteiger partial charge on any atom is 0.232 e. The first kappa shape index (κ1) is 17.3. The van der Waals surface area contributed by atoms with Gasteiger partial charge in [0.15, 0.2) is 0 Å². The van der Waals surface area contributed by atoms with Gasteiger partial charge in [0, 0.05) is 6.04 Å². The number of benzene rings is 2. The fraction of sp³-hybridized carbons (Fsp3) is 0.435. The van der Waals surface area contributed by atoms with Gasteiger partial charge < -0.3 is 10.6 Å². The van der Waals surface area contributed by atoms with Crippen molar-refractivity contribution in [3.63, 3.8) is 0 Å². The predicted octanol–water partition coefficient (Wildman–Crippen LogP) is 4.09. The Morgan fingerprint density at radius 2 is 1.58 bits per heavy atom. The molecule has 2 aromatic carbocycles. The van der Waals surface area contributed by atoms with Crippen LogP contribution < -0.4 is 5.73 Å². The summed E-state index contributed by atoms with van der Waals surface area (Å²) in [6.45, 7) is 4.64. The fourth-order valence-electron chi connectivity index (χ4n) is 5.12. The molecule has 1 aliphatic heterocycles. The highest BCUT2D eigenvalue weighted by atomic mass is 16.1. The Hall–Kier alpha value is -2.13. The summed E-state index contributed by atoms with van der Waals surface area (Å²) in [5.41, 5.74) is 9.90. The van der Waals surface area contributed by atoms with Gasteiger partial charge in [0.05, 0.1) is 5.41 Å². The molecule has 1 fully saturated rings. The lowest BCUT2D eigenvalue weighted by molar-refractivity contribution is -0.122. The first-order chi connectivity index (χ1) is 12.7. The van der Waals surface area contributed by atoms with Crippen LogP contribution in [0.5, 0.6) is 0 Å². The second kappa shape index (κ2) is 6.88. The van der Waals surface area contributed by atoms with Gasteiger partial charge in [-0.2, -0.15) is 0 Å². The van der Waals surface area contributed by atoms with Gasteiger partial charge in [-0.3, -0.25) is 4.79 Å². The second-order valence-electron chi connectivity index (χ2n) is 7.70. The summed E-state index contributed by atoms with van der Waals surface area (Å²) in [4.78, 5) is 15.5. The van der Waals surface area contributed by atoms with Crippen molar-refractivity contribution in [2.24, 2.45) is 5.73 Å². The van der Waals surface area contributed by atoms with Gasteiger partial charge in [-0.15, -0.1) is 0 Å². The number of amides is 1. The van der Waals surface area contributed by atoms with E-state index in [1.807, 2.05) is 24.3 Å². The number of carbonyl (C=O) groups excluding carboxylic acids is 1. The minimum atomic E-state index is -0.694. The number of carbonyl (C=O) groups is 1. The zero-order chi connectivity index (χ0) is 18.1. The number of hydrogen-bond acceptors (Lipinski definition) is 2. The average Bonchev–Trinajstić information content (AvgIpc) is 3.29. The average molecular weight is 348 g/mol. The van der Waals surface area contributed by atoms with Gasteiger partial charge >= 0.3 is 0 Å². The Bertz CT molecular complexity index is 762. The van der Waals surface area contributed by atoms with E-state index in [-0.39, 0.29) is 5.91 Å². The normalized spacial score (nSPS) is 19.1. The van der Waals surface area contributed by atoms with Crippen LogP contribution >= 0.6 is 0 Å². The van der Waals surface area contributed by atoms with E-state index in [1.165, 1.54) is 25.9 Å². The summed E-state index contributed by atoms with van der Waals surface area (Å²) in [5, 5.41) is 0. The van der Waals surface area contributed by atoms with Crippen molar-refractivity contribution in [2.45, 2.75) is 50.5 Å². The monoisotopic (exact) mass is 348 g/mol. The molecule has 1 amide bonds. The van der Waals surface area contributed by atoms with Crippen LogP contribution in [-0.2, 0) is 10.2 Å². The Morgan fingerprint density at radius 1 is 1.04 bits per heavy atom. The smallest absolute Gasteiger partial charge is 0.232 e. The third-order valence-corrected chi connectivity index (χ3v) is 6.47. The summed E-state index contributed by atoms with van der Waals surface area (Å²) in [6.07, 6.45) is 5.50. The van der Waals surface area contributed by atoms with E-state index >= 15 is 0 Å². The molecule has 0 spiro atoms. The highest BCUT2D eigenvalue weighted by Gasteiger charge is 2.47. The number of fused-ring (bicyclic) bond motifs is 3. The summed E-state index contributed by atoms with van der Waals surface area (Å²) in [7, 11) is 0. The Morgan fingerprint density at radius 3 is 2.08 bits per heavy atom. The van der Waals surface area contributed by atoms with Crippen LogP contribution in [0.3, 0.4) is 0 Å². The topological polar surface area (TPSA) is 46.3 Å². The zero-order valence-corrected chi connectivity index (χ0v) is 15.6. The van der Waals surface area contributed by atoms with E-state index in [9.17, 15) is 4.79 Å². The molecular formula is C23H28N2O. The van der Waals surface area contributed by atoms with Crippen molar-refractivity contribution in [3.8, 4) is 11.1 Å². The van der Waals surface area contributed by atoms with Crippen LogP contribution in [0.25, 0.3) is 11.1 Å². The molecule has 1 aliphatic carbocycles. The lowest BCUT2D eigenvalue weighted by Crippen LogP contribution is -2.43. The molecule has 2 aromatic rings. The van der Waals surface area contributed by atoms with Crippen molar-refractivity contribution < 1.29 is 4.79 Å². The van der Waals surface area contributed by atoms with Crippen LogP contribution in [0, 0.1) is 0 Å². The van der Waals surface area contributed by atoms with E-state index in [2.05, 4.69) is 36.1 Å². The van der Waals surface area contributed by atoms with Gasteiger partial charge in [0.1, 0.15) is 0 Å². The molecule has 3 heteroatoms. The van der Waals surface area contributed by atoms with Crippen LogP contribution in [-0.4, -0.2) is 29.9 Å². The van der Waals surface area contributed by atoms with Crippen molar-refractivity contribution >= 4 is 5.91 Å². The summed E-state index contributed by atoms with van der Waals surface area (Å²) >= 11 is 0. The third-order valence-electron chi connectivity index (χ3n) is 6.47. The zero-order valence-electron chi connectivity index (χ0n) is 15.6. The maximum atomic E-state index is 12.9. The molecule has 0 aromatic heterocycles. The Kier molecular flexibility index (Phi) is 4.58. The first-order valence-corrected chi connectivity index (χ1v) is 9.92. The second-order valence-corrected chi connectivity index (χ2v) is 7.70. The molecule has 26 heavy (non-hydrogen) atoms. The highest BCUT2D eigenvalue weighted by Crippen LogP contribution is 2.51. The first-order valence-electron chi connectivity index (χ1n) is 9.92. The molecule has 0 bridgehead atoms. The number of nitrogens with two attached hydrogens (primary N) is 1. The van der Waals surface area contributed by atoms with Crippen molar-refractivity contribution in [2.75, 3.05) is 13.1 Å². The third kappa shape index (κ3) is 2.57. The van der Waals surface area contributed by atoms with E-state index in [1.54, 1.807) is 0 Å². The van der Waals surface area contributed by atoms with Crippen LogP contribution in [0.4, 0.5) is 0 Å². The Balaban J connectivity index is 1.74. The minimum Gasteiger partial charge on any atom is -0.369 e. The van der Waals surface area contributed by atoms with Crippen LogP contribution in [0.15, 0.2) is 48.5 Å². The number of hydrogen-bond donors (Lipinski definition) is 1. The molecule has 3 nitrogen and oxygen atoms in total. The SMILES string of the molecule is CCC(CCC1(C(N)=O)c2ccccc2-c2ccccc21)N1CCCC1. The molecule has 1 heterocycles. The lowest BCUT2D eigenvalue weighted by Gasteiger charge is -2.33. The molecule has 1 atom stereocenters. The maximum absolute atomic E-state index is 12.9. The lowest BCUT2D eigenvalue weighted by atomic mass is 9.73. The number of nitrogens with zero attached hydrogens (tertiary/aromatic N) is 1. The molecule has 1 unspecified atom stereocenters. The summed E-state index contributed by atoms with van der Waals surface area (Å²) in [5.74, 6) is -0.217. The van der Waals surface area contributed by atoms with E-state index < -0.39 is 5.41 Å². The quantitative estimate of drug-likeness (QED) is 0.854. The van der Waals surface area contributed by atoms with E-state index in [0.717, 1.165) is 41.5 Å². The van der Waals surface area contributed by atoms with Crippen LogP contribution in [0.1, 0.15) is 50.2 Å². The predicted molar refractivity (Wildman–Crippen MR) is 106 cm³/mol. The van der Waals surface area contributed by atoms with Crippen molar-refractivity contribution in [1.82, 2.24) is 4.90 Å². The van der Waals surface area contributed by atoms with Crippen molar-refractivity contribution in [3.05, 3.63) is 59.7 Å². The molecule has 0 radical (unpaired) electrons. The summed E-state index contributed by atoms with van der Waals surface area (Å²) < 4.78 is 0. The largest absolute Gasteiger partial charge is 0.369 e. The highest BCUT2D eigenvalue weighted by molar-refractivity contribution is 5.99. The molecule has 4 rings (SSSR count). The minimum absolute atomic E-state index is 0.217. The molecule has 1 saturated heterocycles. The molecule has 0 saturated carbocycles. The molecule has 2 N–H and O–H groups in total. The molecular weight excluding hydrogens is 320 g/mol.